The molecule has 0 radical (unpaired) electrons. The minimum absolute atomic E-state index is 0.0575. The third-order valence-electron chi connectivity index (χ3n) is 3.52. The molecule has 128 valence electrons. The van der Waals surface area contributed by atoms with E-state index < -0.39 is 32.5 Å². The van der Waals surface area contributed by atoms with Crippen molar-refractivity contribution in [2.45, 2.75) is 11.1 Å². The summed E-state index contributed by atoms with van der Waals surface area (Å²) < 4.78 is 83.6. The van der Waals surface area contributed by atoms with Gasteiger partial charge in [0.05, 0.1) is 22.7 Å². The number of sulfonamides is 1. The SMILES string of the molecule is O=S(=O)(c1ccc(F)c(C(F)(F)F)c1)N1CCOc2ccccc21. The second-order valence-electron chi connectivity index (χ2n) is 5.03. The highest BCUT2D eigenvalue weighted by molar-refractivity contribution is 7.92. The minimum Gasteiger partial charge on any atom is -0.489 e. The summed E-state index contributed by atoms with van der Waals surface area (Å²) in [4.78, 5) is -0.632. The number of anilines is 1. The summed E-state index contributed by atoms with van der Waals surface area (Å²) >= 11 is 0. The number of benzene rings is 2. The minimum atomic E-state index is -4.99. The summed E-state index contributed by atoms with van der Waals surface area (Å²) in [5.74, 6) is -1.21. The number of para-hydroxylation sites is 2. The Bertz CT molecular complexity index is 881. The average molecular weight is 361 g/mol. The second kappa shape index (κ2) is 5.66. The van der Waals surface area contributed by atoms with Crippen molar-refractivity contribution in [2.75, 3.05) is 17.5 Å². The predicted molar refractivity (Wildman–Crippen MR) is 77.9 cm³/mol. The fraction of sp³-hybridized carbons (Fsp3) is 0.200. The zero-order valence-electron chi connectivity index (χ0n) is 12.0. The van der Waals surface area contributed by atoms with Crippen LogP contribution in [-0.4, -0.2) is 21.6 Å². The molecule has 0 unspecified atom stereocenters. The molecule has 0 bridgehead atoms. The van der Waals surface area contributed by atoms with Gasteiger partial charge in [0.25, 0.3) is 10.0 Å². The fourth-order valence-corrected chi connectivity index (χ4v) is 3.89. The van der Waals surface area contributed by atoms with Crippen molar-refractivity contribution in [3.63, 3.8) is 0 Å². The molecule has 0 N–H and O–H groups in total. The molecule has 1 heterocycles. The molecular weight excluding hydrogens is 350 g/mol. The molecule has 0 atom stereocenters. The Balaban J connectivity index is 2.10. The van der Waals surface area contributed by atoms with Crippen molar-refractivity contribution < 1.29 is 30.7 Å². The molecule has 24 heavy (non-hydrogen) atoms. The Morgan fingerprint density at radius 1 is 1.08 bits per heavy atom. The van der Waals surface area contributed by atoms with Crippen LogP contribution in [0.15, 0.2) is 47.4 Å². The van der Waals surface area contributed by atoms with Gasteiger partial charge in [-0.2, -0.15) is 13.2 Å². The van der Waals surface area contributed by atoms with E-state index in [1.165, 1.54) is 6.07 Å². The largest absolute Gasteiger partial charge is 0.489 e. The van der Waals surface area contributed by atoms with Crippen molar-refractivity contribution in [1.82, 2.24) is 0 Å². The van der Waals surface area contributed by atoms with E-state index in [0.717, 1.165) is 10.4 Å². The van der Waals surface area contributed by atoms with E-state index in [1.807, 2.05) is 0 Å². The summed E-state index contributed by atoms with van der Waals surface area (Å²) in [5, 5.41) is 0. The maximum atomic E-state index is 13.4. The van der Waals surface area contributed by atoms with Gasteiger partial charge in [0.1, 0.15) is 18.2 Å². The van der Waals surface area contributed by atoms with Gasteiger partial charge in [-0.3, -0.25) is 4.31 Å². The van der Waals surface area contributed by atoms with Crippen molar-refractivity contribution in [2.24, 2.45) is 0 Å². The number of nitrogens with zero attached hydrogens (tertiary/aromatic N) is 1. The van der Waals surface area contributed by atoms with Crippen LogP contribution in [0, 0.1) is 5.82 Å². The van der Waals surface area contributed by atoms with Gasteiger partial charge in [0.15, 0.2) is 0 Å². The first-order valence-electron chi connectivity index (χ1n) is 6.82. The lowest BCUT2D eigenvalue weighted by Crippen LogP contribution is -2.38. The molecule has 0 amide bonds. The first-order chi connectivity index (χ1) is 11.2. The highest BCUT2D eigenvalue weighted by Gasteiger charge is 2.37. The molecule has 2 aromatic carbocycles. The lowest BCUT2D eigenvalue weighted by molar-refractivity contribution is -0.140. The maximum absolute atomic E-state index is 13.4. The molecule has 3 rings (SSSR count). The number of alkyl halides is 3. The summed E-state index contributed by atoms with van der Waals surface area (Å²) in [6.45, 7) is 0.00163. The van der Waals surface area contributed by atoms with Crippen LogP contribution in [0.5, 0.6) is 5.75 Å². The summed E-state index contributed by atoms with van der Waals surface area (Å²) in [6, 6.07) is 7.91. The molecular formula is C15H11F4NO3S. The maximum Gasteiger partial charge on any atom is 0.419 e. The van der Waals surface area contributed by atoms with E-state index in [2.05, 4.69) is 0 Å². The molecule has 2 aromatic rings. The third kappa shape index (κ3) is 2.79. The summed E-state index contributed by atoms with van der Waals surface area (Å²) in [6.07, 6.45) is -4.99. The van der Waals surface area contributed by atoms with Gasteiger partial charge in [-0.05, 0) is 30.3 Å². The van der Waals surface area contributed by atoms with E-state index >= 15 is 0 Å². The lowest BCUT2D eigenvalue weighted by atomic mass is 10.2. The van der Waals surface area contributed by atoms with Gasteiger partial charge < -0.3 is 4.74 Å². The van der Waals surface area contributed by atoms with Gasteiger partial charge in [0.2, 0.25) is 0 Å². The topological polar surface area (TPSA) is 46.6 Å². The molecule has 0 spiro atoms. The van der Waals surface area contributed by atoms with Gasteiger partial charge in [-0.15, -0.1) is 0 Å². The zero-order valence-corrected chi connectivity index (χ0v) is 12.9. The predicted octanol–water partition coefficient (Wildman–Crippen LogP) is 3.43. The molecule has 0 fully saturated rings. The van der Waals surface area contributed by atoms with Crippen molar-refractivity contribution in [3.8, 4) is 5.75 Å². The molecule has 9 heteroatoms. The van der Waals surface area contributed by atoms with E-state index in [4.69, 9.17) is 4.74 Å². The number of fused-ring (bicyclic) bond motifs is 1. The van der Waals surface area contributed by atoms with Crippen LogP contribution >= 0.6 is 0 Å². The van der Waals surface area contributed by atoms with Gasteiger partial charge in [-0.25, -0.2) is 12.8 Å². The number of ether oxygens (including phenoxy) is 1. The zero-order chi connectivity index (χ0) is 17.5. The van der Waals surface area contributed by atoms with Gasteiger partial charge in [-0.1, -0.05) is 12.1 Å². The molecule has 1 aliphatic rings. The van der Waals surface area contributed by atoms with Crippen molar-refractivity contribution in [3.05, 3.63) is 53.8 Å². The molecule has 4 nitrogen and oxygen atoms in total. The Morgan fingerprint density at radius 2 is 1.79 bits per heavy atom. The van der Waals surface area contributed by atoms with Crippen molar-refractivity contribution >= 4 is 15.7 Å². The first-order valence-corrected chi connectivity index (χ1v) is 8.26. The lowest BCUT2D eigenvalue weighted by Gasteiger charge is -2.30. The number of halogens is 4. The number of rotatable bonds is 2. The standard InChI is InChI=1S/C15H11F4NO3S/c16-12-6-5-10(9-11(12)15(17,18)19)24(21,22)20-7-8-23-14-4-2-1-3-13(14)20/h1-6,9H,7-8H2. The third-order valence-corrected chi connectivity index (χ3v) is 5.33. The summed E-state index contributed by atoms with van der Waals surface area (Å²) in [5.41, 5.74) is -1.40. The fourth-order valence-electron chi connectivity index (χ4n) is 2.40. The molecule has 0 saturated carbocycles. The summed E-state index contributed by atoms with van der Waals surface area (Å²) in [7, 11) is -4.29. The van der Waals surface area contributed by atoms with Gasteiger partial charge >= 0.3 is 6.18 Å². The highest BCUT2D eigenvalue weighted by Crippen LogP contribution is 2.37. The van der Waals surface area contributed by atoms with Crippen LogP contribution in [-0.2, 0) is 16.2 Å². The Hall–Kier alpha value is -2.29. The van der Waals surface area contributed by atoms with Crippen LogP contribution in [0.25, 0.3) is 0 Å². The molecule has 1 aliphatic heterocycles. The monoisotopic (exact) mass is 361 g/mol. The average Bonchev–Trinajstić information content (AvgIpc) is 2.53. The highest BCUT2D eigenvalue weighted by atomic mass is 32.2. The second-order valence-corrected chi connectivity index (χ2v) is 6.90. The van der Waals surface area contributed by atoms with Crippen LogP contribution < -0.4 is 9.04 Å². The van der Waals surface area contributed by atoms with Crippen LogP contribution in [0.1, 0.15) is 5.56 Å². The Labute approximate surface area is 135 Å². The normalized spacial score (nSPS) is 14.9. The smallest absolute Gasteiger partial charge is 0.419 e. The Kier molecular flexibility index (Phi) is 3.90. The first kappa shape index (κ1) is 16.6. The van der Waals surface area contributed by atoms with E-state index in [-0.39, 0.29) is 18.8 Å². The number of hydrogen-bond acceptors (Lipinski definition) is 3. The number of hydrogen-bond donors (Lipinski definition) is 0. The molecule has 0 saturated heterocycles. The van der Waals surface area contributed by atoms with E-state index in [1.54, 1.807) is 18.2 Å². The van der Waals surface area contributed by atoms with Crippen LogP contribution in [0.2, 0.25) is 0 Å². The van der Waals surface area contributed by atoms with Crippen LogP contribution in [0.4, 0.5) is 23.2 Å². The Morgan fingerprint density at radius 3 is 2.50 bits per heavy atom. The quantitative estimate of drug-likeness (QED) is 0.770. The van der Waals surface area contributed by atoms with Gasteiger partial charge in [0, 0.05) is 0 Å². The van der Waals surface area contributed by atoms with Crippen molar-refractivity contribution in [1.29, 1.82) is 0 Å². The van der Waals surface area contributed by atoms with E-state index in [9.17, 15) is 26.0 Å². The molecule has 0 aliphatic carbocycles. The van der Waals surface area contributed by atoms with E-state index in [0.29, 0.717) is 17.9 Å². The molecule has 0 aromatic heterocycles. The van der Waals surface area contributed by atoms with Crippen LogP contribution in [0.3, 0.4) is 0 Å².